The lowest BCUT2D eigenvalue weighted by Crippen LogP contribution is -2.45. The minimum atomic E-state index is -0.398. The summed E-state index contributed by atoms with van der Waals surface area (Å²) in [5.41, 5.74) is 2.83. The van der Waals surface area contributed by atoms with Gasteiger partial charge in [0.15, 0.2) is 11.5 Å². The molecule has 186 valence electrons. The quantitative estimate of drug-likeness (QED) is 0.512. The van der Waals surface area contributed by atoms with E-state index in [0.717, 1.165) is 11.3 Å². The molecule has 0 aliphatic carbocycles. The Bertz CT molecular complexity index is 1180. The molecule has 8 nitrogen and oxygen atoms in total. The van der Waals surface area contributed by atoms with Gasteiger partial charge in [-0.25, -0.2) is 4.39 Å². The topological polar surface area (TPSA) is 86.1 Å². The molecule has 1 aliphatic rings. The van der Waals surface area contributed by atoms with Crippen molar-refractivity contribution in [1.29, 1.82) is 0 Å². The molecule has 0 radical (unpaired) electrons. The summed E-state index contributed by atoms with van der Waals surface area (Å²) in [6.07, 6.45) is 0.0349. The fraction of sp³-hybridized carbons (Fsp3) is 0.385. The minimum Gasteiger partial charge on any atom is -0.493 e. The van der Waals surface area contributed by atoms with Gasteiger partial charge in [0.2, 0.25) is 0 Å². The van der Waals surface area contributed by atoms with Crippen LogP contribution >= 0.6 is 0 Å². The number of hydrogen-bond donors (Lipinski definition) is 1. The van der Waals surface area contributed by atoms with Crippen LogP contribution in [0.3, 0.4) is 0 Å². The number of aromatic nitrogens is 1. The summed E-state index contributed by atoms with van der Waals surface area (Å²) in [5, 5.41) is 6.67. The van der Waals surface area contributed by atoms with Crippen molar-refractivity contribution in [3.63, 3.8) is 0 Å². The molecule has 0 saturated carbocycles. The molecule has 2 unspecified atom stereocenters. The first-order valence-electron chi connectivity index (χ1n) is 11.5. The zero-order chi connectivity index (χ0) is 25.1. The van der Waals surface area contributed by atoms with E-state index < -0.39 is 5.82 Å². The van der Waals surface area contributed by atoms with Gasteiger partial charge in [-0.15, -0.1) is 0 Å². The van der Waals surface area contributed by atoms with Crippen molar-refractivity contribution in [2.45, 2.75) is 46.5 Å². The molecule has 1 saturated heterocycles. The van der Waals surface area contributed by atoms with Crippen molar-refractivity contribution >= 4 is 17.3 Å². The molecule has 2 aromatic carbocycles. The lowest BCUT2D eigenvalue weighted by atomic mass is 10.1. The van der Waals surface area contributed by atoms with Crippen molar-refractivity contribution in [3.05, 3.63) is 64.8 Å². The first kappa shape index (κ1) is 24.5. The van der Waals surface area contributed by atoms with E-state index in [9.17, 15) is 9.18 Å². The van der Waals surface area contributed by atoms with Crippen LogP contribution in [-0.4, -0.2) is 43.5 Å². The average Bonchev–Trinajstić information content (AvgIpc) is 3.14. The van der Waals surface area contributed by atoms with Crippen molar-refractivity contribution in [3.8, 4) is 11.5 Å². The highest BCUT2D eigenvalue weighted by molar-refractivity contribution is 6.04. The Morgan fingerprint density at radius 1 is 1.14 bits per heavy atom. The number of methoxy groups -OCH3 is 1. The zero-order valence-corrected chi connectivity index (χ0v) is 20.6. The van der Waals surface area contributed by atoms with E-state index in [-0.39, 0.29) is 24.7 Å². The summed E-state index contributed by atoms with van der Waals surface area (Å²) in [6.45, 7) is 9.08. The van der Waals surface area contributed by atoms with Gasteiger partial charge in [0.1, 0.15) is 18.2 Å². The number of nitrogens with one attached hydrogen (secondary N) is 1. The van der Waals surface area contributed by atoms with E-state index in [2.05, 4.69) is 10.5 Å². The Labute approximate surface area is 203 Å². The van der Waals surface area contributed by atoms with E-state index in [1.54, 1.807) is 30.3 Å². The number of amides is 1. The molecule has 35 heavy (non-hydrogen) atoms. The molecule has 2 heterocycles. The SMILES string of the molecule is COc1cc(C(=O)Nc2ccc(N3CC(C)OC(C)C3)c(F)c2)ccc1OCc1c(C)noc1C. The van der Waals surface area contributed by atoms with Crippen molar-refractivity contribution in [2.75, 3.05) is 30.4 Å². The molecule has 4 rings (SSSR count). The second-order valence-corrected chi connectivity index (χ2v) is 8.74. The molecule has 3 aromatic rings. The van der Waals surface area contributed by atoms with Crippen molar-refractivity contribution < 1.29 is 27.9 Å². The number of nitrogens with zero attached hydrogens (tertiary/aromatic N) is 2. The first-order valence-corrected chi connectivity index (χ1v) is 11.5. The van der Waals surface area contributed by atoms with Crippen LogP contribution in [0.15, 0.2) is 40.9 Å². The number of ether oxygens (including phenoxy) is 3. The predicted octanol–water partition coefficient (Wildman–Crippen LogP) is 4.88. The Morgan fingerprint density at radius 2 is 1.89 bits per heavy atom. The smallest absolute Gasteiger partial charge is 0.255 e. The molecular formula is C26H30FN3O5. The molecular weight excluding hydrogens is 453 g/mol. The number of rotatable bonds is 7. The van der Waals surface area contributed by atoms with Crippen LogP contribution < -0.4 is 19.7 Å². The lowest BCUT2D eigenvalue weighted by molar-refractivity contribution is -0.00539. The van der Waals surface area contributed by atoms with E-state index in [4.69, 9.17) is 18.7 Å². The second kappa shape index (κ2) is 10.4. The number of halogens is 1. The van der Waals surface area contributed by atoms with Gasteiger partial charge in [0.05, 0.1) is 36.3 Å². The molecule has 0 spiro atoms. The number of anilines is 2. The summed E-state index contributed by atoms with van der Waals surface area (Å²) < 4.78 is 37.1. The van der Waals surface area contributed by atoms with E-state index >= 15 is 0 Å². The molecule has 1 N–H and O–H groups in total. The third-order valence-corrected chi connectivity index (χ3v) is 5.94. The summed E-state index contributed by atoms with van der Waals surface area (Å²) in [5.74, 6) is 0.786. The molecule has 1 amide bonds. The predicted molar refractivity (Wildman–Crippen MR) is 130 cm³/mol. The van der Waals surface area contributed by atoms with Gasteiger partial charge in [-0.3, -0.25) is 4.79 Å². The van der Waals surface area contributed by atoms with Crippen LogP contribution in [0.4, 0.5) is 15.8 Å². The maximum absolute atomic E-state index is 14.9. The second-order valence-electron chi connectivity index (χ2n) is 8.74. The fourth-order valence-corrected chi connectivity index (χ4v) is 4.20. The van der Waals surface area contributed by atoms with Crippen LogP contribution in [0.25, 0.3) is 0 Å². The van der Waals surface area contributed by atoms with Crippen LogP contribution in [0.1, 0.15) is 41.2 Å². The molecule has 1 aromatic heterocycles. The van der Waals surface area contributed by atoms with Gasteiger partial charge < -0.3 is 29.0 Å². The molecule has 0 bridgehead atoms. The summed E-state index contributed by atoms with van der Waals surface area (Å²) in [4.78, 5) is 14.8. The van der Waals surface area contributed by atoms with E-state index in [1.165, 1.54) is 13.2 Å². The van der Waals surface area contributed by atoms with Crippen LogP contribution in [0, 0.1) is 19.7 Å². The van der Waals surface area contributed by atoms with Gasteiger partial charge in [-0.05, 0) is 64.1 Å². The Kier molecular flexibility index (Phi) is 7.25. The van der Waals surface area contributed by atoms with Gasteiger partial charge in [0.25, 0.3) is 5.91 Å². The van der Waals surface area contributed by atoms with Crippen LogP contribution in [0.5, 0.6) is 11.5 Å². The summed E-state index contributed by atoms with van der Waals surface area (Å²) in [7, 11) is 1.50. The Morgan fingerprint density at radius 3 is 2.51 bits per heavy atom. The maximum Gasteiger partial charge on any atom is 0.255 e. The van der Waals surface area contributed by atoms with Gasteiger partial charge in [-0.1, -0.05) is 5.16 Å². The Balaban J connectivity index is 1.44. The minimum absolute atomic E-state index is 0.0175. The molecule has 1 aliphatic heterocycles. The lowest BCUT2D eigenvalue weighted by Gasteiger charge is -2.37. The van der Waals surface area contributed by atoms with Gasteiger partial charge >= 0.3 is 0 Å². The third-order valence-electron chi connectivity index (χ3n) is 5.94. The summed E-state index contributed by atoms with van der Waals surface area (Å²) in [6, 6.07) is 9.58. The zero-order valence-electron chi connectivity index (χ0n) is 20.6. The van der Waals surface area contributed by atoms with Crippen LogP contribution in [0.2, 0.25) is 0 Å². The third kappa shape index (κ3) is 5.57. The average molecular weight is 484 g/mol. The standard InChI is InChI=1S/C26H30FN3O5/c1-15-12-30(13-16(2)34-15)23-8-7-20(11-22(23)27)28-26(31)19-6-9-24(25(10-19)32-5)33-14-21-17(3)29-35-18(21)4/h6-11,15-16H,12-14H2,1-5H3,(H,28,31). The highest BCUT2D eigenvalue weighted by Crippen LogP contribution is 2.31. The van der Waals surface area contributed by atoms with Crippen LogP contribution in [-0.2, 0) is 11.3 Å². The van der Waals surface area contributed by atoms with Crippen molar-refractivity contribution in [2.24, 2.45) is 0 Å². The monoisotopic (exact) mass is 483 g/mol. The number of carbonyl (C=O) groups excluding carboxylic acids is 1. The number of hydrogen-bond acceptors (Lipinski definition) is 7. The number of benzene rings is 2. The van der Waals surface area contributed by atoms with Crippen molar-refractivity contribution in [1.82, 2.24) is 5.16 Å². The number of morpholine rings is 1. The first-order chi connectivity index (χ1) is 16.7. The maximum atomic E-state index is 14.9. The molecule has 1 fully saturated rings. The normalized spacial score (nSPS) is 17.8. The van der Waals surface area contributed by atoms with Gasteiger partial charge in [-0.2, -0.15) is 0 Å². The fourth-order valence-electron chi connectivity index (χ4n) is 4.20. The highest BCUT2D eigenvalue weighted by atomic mass is 19.1. The molecule has 2 atom stereocenters. The Hall–Kier alpha value is -3.59. The number of carbonyl (C=O) groups is 1. The number of aryl methyl sites for hydroxylation is 2. The molecule has 9 heteroatoms. The summed E-state index contributed by atoms with van der Waals surface area (Å²) >= 11 is 0. The van der Waals surface area contributed by atoms with E-state index in [1.807, 2.05) is 32.6 Å². The van der Waals surface area contributed by atoms with Gasteiger partial charge in [0, 0.05) is 24.3 Å². The van der Waals surface area contributed by atoms with E-state index in [0.29, 0.717) is 47.3 Å². The largest absolute Gasteiger partial charge is 0.493 e. The highest BCUT2D eigenvalue weighted by Gasteiger charge is 2.24.